The molecule has 0 saturated carbocycles. The van der Waals surface area contributed by atoms with Gasteiger partial charge in [0.1, 0.15) is 11.3 Å². The predicted octanol–water partition coefficient (Wildman–Crippen LogP) is 7.61. The Hall–Kier alpha value is -4.43. The maximum atomic E-state index is 12.5. The van der Waals surface area contributed by atoms with Crippen LogP contribution in [-0.4, -0.2) is 28.5 Å². The maximum Gasteiger partial charge on any atom is 0.303 e. The van der Waals surface area contributed by atoms with E-state index >= 15 is 0 Å². The van der Waals surface area contributed by atoms with Gasteiger partial charge in [-0.15, -0.1) is 11.3 Å². The van der Waals surface area contributed by atoms with E-state index in [4.69, 9.17) is 14.5 Å². The molecule has 0 aliphatic heterocycles. The molecule has 0 spiro atoms. The Morgan fingerprint density at radius 3 is 2.48 bits per heavy atom. The van der Waals surface area contributed by atoms with Crippen molar-refractivity contribution in [2.75, 3.05) is 11.4 Å². The number of hydrogen-bond acceptors (Lipinski definition) is 6. The molecule has 2 N–H and O–H groups in total. The summed E-state index contributed by atoms with van der Waals surface area (Å²) in [4.78, 5) is 30.3. The van der Waals surface area contributed by atoms with Gasteiger partial charge in [-0.05, 0) is 59.9 Å². The summed E-state index contributed by atoms with van der Waals surface area (Å²) in [5.41, 5.74) is 5.47. The Labute approximate surface area is 237 Å². The standard InChI is InChI=1S/C32H31N3O4S/c1-21(2)23-13-15-26(16-14-23)35(19-22-9-11-24(12-10-22)31(38)33-17-5-8-30(36)37)32-34-27(20-40-32)29-18-25-6-3-4-7-28(25)39-29/h3-4,6-7,9-16,18,20-21H,5,8,17,19H2,1-2H3,(H,33,38)(H,36,37). The van der Waals surface area contributed by atoms with Crippen LogP contribution in [0.1, 0.15) is 54.1 Å². The molecule has 0 bridgehead atoms. The monoisotopic (exact) mass is 553 g/mol. The van der Waals surface area contributed by atoms with Crippen molar-refractivity contribution in [3.8, 4) is 11.5 Å². The fraction of sp³-hybridized carbons (Fsp3) is 0.219. The quantitative estimate of drug-likeness (QED) is 0.163. The summed E-state index contributed by atoms with van der Waals surface area (Å²) in [6.45, 7) is 5.24. The highest BCUT2D eigenvalue weighted by Gasteiger charge is 2.18. The van der Waals surface area contributed by atoms with Crippen LogP contribution in [0.4, 0.5) is 10.8 Å². The molecule has 3 aromatic carbocycles. The molecule has 0 saturated heterocycles. The van der Waals surface area contributed by atoms with E-state index < -0.39 is 5.97 Å². The molecule has 1 amide bonds. The number of hydrogen-bond donors (Lipinski definition) is 2. The molecule has 40 heavy (non-hydrogen) atoms. The van der Waals surface area contributed by atoms with Gasteiger partial charge in [0, 0.05) is 35.0 Å². The normalized spacial score (nSPS) is 11.2. The Balaban J connectivity index is 1.37. The molecule has 0 aliphatic carbocycles. The minimum absolute atomic E-state index is 0.0298. The Kier molecular flexibility index (Phi) is 8.26. The number of carbonyl (C=O) groups is 2. The zero-order valence-corrected chi connectivity index (χ0v) is 23.3. The number of anilines is 2. The summed E-state index contributed by atoms with van der Waals surface area (Å²) in [6.07, 6.45) is 0.426. The first-order chi connectivity index (χ1) is 19.4. The number of nitrogens with zero attached hydrogens (tertiary/aromatic N) is 2. The van der Waals surface area contributed by atoms with E-state index in [0.717, 1.165) is 38.8 Å². The van der Waals surface area contributed by atoms with Gasteiger partial charge < -0.3 is 19.7 Å². The number of thiazole rings is 1. The number of aromatic nitrogens is 1. The van der Waals surface area contributed by atoms with Crippen molar-refractivity contribution in [2.45, 2.75) is 39.2 Å². The topological polar surface area (TPSA) is 95.7 Å². The lowest BCUT2D eigenvalue weighted by atomic mass is 10.0. The van der Waals surface area contributed by atoms with Crippen LogP contribution in [0.15, 0.2) is 88.7 Å². The van der Waals surface area contributed by atoms with Crippen molar-refractivity contribution >= 4 is 45.0 Å². The van der Waals surface area contributed by atoms with Crippen LogP contribution in [0.25, 0.3) is 22.4 Å². The Morgan fingerprint density at radius 1 is 1.02 bits per heavy atom. The molecular weight excluding hydrogens is 522 g/mol. The highest BCUT2D eigenvalue weighted by Crippen LogP contribution is 2.36. The number of aliphatic carboxylic acids is 1. The molecule has 8 heteroatoms. The summed E-state index contributed by atoms with van der Waals surface area (Å²) in [5.74, 6) is 0.0859. The number of fused-ring (bicyclic) bond motifs is 1. The molecule has 2 heterocycles. The number of para-hydroxylation sites is 1. The summed E-state index contributed by atoms with van der Waals surface area (Å²) in [7, 11) is 0. The highest BCUT2D eigenvalue weighted by molar-refractivity contribution is 7.14. The average Bonchev–Trinajstić information content (AvgIpc) is 3.62. The van der Waals surface area contributed by atoms with Gasteiger partial charge in [0.2, 0.25) is 0 Å². The van der Waals surface area contributed by atoms with Crippen LogP contribution in [0.2, 0.25) is 0 Å². The van der Waals surface area contributed by atoms with Crippen molar-refractivity contribution < 1.29 is 19.1 Å². The van der Waals surface area contributed by atoms with Gasteiger partial charge in [-0.2, -0.15) is 0 Å². The molecule has 5 rings (SSSR count). The lowest BCUT2D eigenvalue weighted by Crippen LogP contribution is -2.25. The maximum absolute atomic E-state index is 12.5. The van der Waals surface area contributed by atoms with Crippen molar-refractivity contribution in [1.82, 2.24) is 10.3 Å². The van der Waals surface area contributed by atoms with Crippen molar-refractivity contribution in [2.24, 2.45) is 0 Å². The average molecular weight is 554 g/mol. The molecular formula is C32H31N3O4S. The molecule has 0 unspecified atom stereocenters. The predicted molar refractivity (Wildman–Crippen MR) is 159 cm³/mol. The summed E-state index contributed by atoms with van der Waals surface area (Å²) >= 11 is 1.56. The fourth-order valence-corrected chi connectivity index (χ4v) is 5.24. The minimum atomic E-state index is -0.869. The molecule has 0 radical (unpaired) electrons. The number of carboxylic acid groups (broad SMARTS) is 1. The van der Waals surface area contributed by atoms with Crippen LogP contribution < -0.4 is 10.2 Å². The van der Waals surface area contributed by atoms with Crippen LogP contribution in [0.3, 0.4) is 0 Å². The molecule has 2 aromatic heterocycles. The third kappa shape index (κ3) is 6.40. The lowest BCUT2D eigenvalue weighted by molar-refractivity contribution is -0.137. The molecule has 5 aromatic rings. The van der Waals surface area contributed by atoms with Crippen LogP contribution in [-0.2, 0) is 11.3 Å². The van der Waals surface area contributed by atoms with E-state index in [2.05, 4.69) is 48.3 Å². The molecule has 204 valence electrons. The highest BCUT2D eigenvalue weighted by atomic mass is 32.1. The van der Waals surface area contributed by atoms with Crippen LogP contribution in [0.5, 0.6) is 0 Å². The number of benzene rings is 3. The van der Waals surface area contributed by atoms with E-state index in [1.54, 1.807) is 23.5 Å². The van der Waals surface area contributed by atoms with E-state index in [1.807, 2.05) is 47.8 Å². The molecule has 0 aliphatic rings. The second kappa shape index (κ2) is 12.2. The van der Waals surface area contributed by atoms with E-state index in [0.29, 0.717) is 31.0 Å². The van der Waals surface area contributed by atoms with Gasteiger partial charge in [-0.1, -0.05) is 56.3 Å². The summed E-state index contributed by atoms with van der Waals surface area (Å²) < 4.78 is 6.05. The van der Waals surface area contributed by atoms with E-state index in [9.17, 15) is 9.59 Å². The molecule has 0 atom stereocenters. The zero-order valence-electron chi connectivity index (χ0n) is 22.5. The number of furan rings is 1. The zero-order chi connectivity index (χ0) is 28.1. The minimum Gasteiger partial charge on any atom is -0.481 e. The largest absolute Gasteiger partial charge is 0.481 e. The summed E-state index contributed by atoms with van der Waals surface area (Å²) in [6, 6.07) is 26.0. The van der Waals surface area contributed by atoms with Crippen molar-refractivity contribution in [1.29, 1.82) is 0 Å². The Bertz CT molecular complexity index is 1570. The first-order valence-corrected chi connectivity index (χ1v) is 14.2. The Morgan fingerprint density at radius 2 is 1.77 bits per heavy atom. The lowest BCUT2D eigenvalue weighted by Gasteiger charge is -2.23. The second-order valence-corrected chi connectivity index (χ2v) is 10.8. The molecule has 7 nitrogen and oxygen atoms in total. The van der Waals surface area contributed by atoms with Gasteiger partial charge in [0.05, 0.1) is 6.54 Å². The third-order valence-electron chi connectivity index (χ3n) is 6.68. The van der Waals surface area contributed by atoms with Gasteiger partial charge in [-0.25, -0.2) is 4.98 Å². The number of nitrogens with one attached hydrogen (secondary N) is 1. The number of carboxylic acids is 1. The fourth-order valence-electron chi connectivity index (χ4n) is 4.41. The molecule has 0 fully saturated rings. The van der Waals surface area contributed by atoms with Gasteiger partial charge in [0.25, 0.3) is 5.91 Å². The van der Waals surface area contributed by atoms with Crippen molar-refractivity contribution in [3.05, 3.63) is 101 Å². The van der Waals surface area contributed by atoms with Crippen molar-refractivity contribution in [3.63, 3.8) is 0 Å². The van der Waals surface area contributed by atoms with Gasteiger partial charge in [0.15, 0.2) is 10.9 Å². The number of carbonyl (C=O) groups excluding carboxylic acids is 1. The first-order valence-electron chi connectivity index (χ1n) is 13.3. The van der Waals surface area contributed by atoms with Gasteiger partial charge in [-0.3, -0.25) is 9.59 Å². The SMILES string of the molecule is CC(C)c1ccc(N(Cc2ccc(C(=O)NCCCC(=O)O)cc2)c2nc(-c3cc4ccccc4o3)cs2)cc1. The van der Waals surface area contributed by atoms with Gasteiger partial charge >= 0.3 is 5.97 Å². The first kappa shape index (κ1) is 27.1. The van der Waals surface area contributed by atoms with E-state index in [1.165, 1.54) is 5.56 Å². The van der Waals surface area contributed by atoms with E-state index in [-0.39, 0.29) is 12.3 Å². The summed E-state index contributed by atoms with van der Waals surface area (Å²) in [5, 5.41) is 15.4. The third-order valence-corrected chi connectivity index (χ3v) is 7.55. The second-order valence-electron chi connectivity index (χ2n) is 9.95. The van der Waals surface area contributed by atoms with Crippen LogP contribution in [0, 0.1) is 0 Å². The van der Waals surface area contributed by atoms with Crippen LogP contribution >= 0.6 is 11.3 Å². The smallest absolute Gasteiger partial charge is 0.303 e. The number of amides is 1. The number of rotatable bonds is 11.